The summed E-state index contributed by atoms with van der Waals surface area (Å²) in [4.78, 5) is 23.3. The molecule has 0 aliphatic carbocycles. The van der Waals surface area contributed by atoms with E-state index in [1.807, 2.05) is 0 Å². The molecule has 0 spiro atoms. The number of amides is 1. The molecule has 4 nitrogen and oxygen atoms in total. The second-order valence-corrected chi connectivity index (χ2v) is 5.52. The molecule has 1 amide bonds. The van der Waals surface area contributed by atoms with Gasteiger partial charge in [0.25, 0.3) is 5.91 Å². The maximum atomic E-state index is 13.6. The van der Waals surface area contributed by atoms with E-state index in [-0.39, 0.29) is 17.9 Å². The van der Waals surface area contributed by atoms with Gasteiger partial charge in [0, 0.05) is 11.0 Å². The third kappa shape index (κ3) is 5.14. The lowest BCUT2D eigenvalue weighted by atomic mass is 10.2. The molecule has 23 heavy (non-hydrogen) atoms. The number of nitrogens with one attached hydrogen (secondary N) is 1. The van der Waals surface area contributed by atoms with E-state index in [4.69, 9.17) is 4.74 Å². The van der Waals surface area contributed by atoms with Gasteiger partial charge in [-0.15, -0.1) is 0 Å². The molecule has 0 heterocycles. The Balaban J connectivity index is 1.81. The lowest BCUT2D eigenvalue weighted by Gasteiger charge is -2.07. The number of halogens is 3. The number of hydrogen-bond acceptors (Lipinski definition) is 3. The zero-order chi connectivity index (χ0) is 16.8. The smallest absolute Gasteiger partial charge is 0.341 e. The van der Waals surface area contributed by atoms with Gasteiger partial charge in [0.2, 0.25) is 0 Å². The highest BCUT2D eigenvalue weighted by Gasteiger charge is 2.15. The standard InChI is InChI=1S/C16H12BrF2NO3/c17-11-3-6-13(14(19)7-11)16(22)23-9-15(21)20-8-10-1-4-12(18)5-2-10/h1-7H,8-9H2,(H,20,21). The Morgan fingerprint density at radius 2 is 1.78 bits per heavy atom. The Labute approximate surface area is 139 Å². The van der Waals surface area contributed by atoms with Gasteiger partial charge >= 0.3 is 5.97 Å². The highest BCUT2D eigenvalue weighted by Crippen LogP contribution is 2.16. The number of ether oxygens (including phenoxy) is 1. The highest BCUT2D eigenvalue weighted by atomic mass is 79.9. The normalized spacial score (nSPS) is 10.2. The SMILES string of the molecule is O=C(COC(=O)c1ccc(Br)cc1F)NCc1ccc(F)cc1. The van der Waals surface area contributed by atoms with E-state index in [0.717, 1.165) is 6.07 Å². The minimum absolute atomic E-state index is 0.170. The second kappa shape index (κ2) is 7.82. The van der Waals surface area contributed by atoms with Crippen LogP contribution < -0.4 is 5.32 Å². The third-order valence-corrected chi connectivity index (χ3v) is 3.38. The highest BCUT2D eigenvalue weighted by molar-refractivity contribution is 9.10. The maximum Gasteiger partial charge on any atom is 0.341 e. The minimum atomic E-state index is -0.924. The molecule has 0 bridgehead atoms. The van der Waals surface area contributed by atoms with E-state index >= 15 is 0 Å². The van der Waals surface area contributed by atoms with Gasteiger partial charge in [0.1, 0.15) is 11.6 Å². The molecule has 0 aliphatic rings. The number of benzene rings is 2. The number of rotatable bonds is 5. The molecule has 0 saturated heterocycles. The van der Waals surface area contributed by atoms with Crippen molar-refractivity contribution in [2.75, 3.05) is 6.61 Å². The van der Waals surface area contributed by atoms with Crippen molar-refractivity contribution < 1.29 is 23.1 Å². The van der Waals surface area contributed by atoms with Gasteiger partial charge in [0.05, 0.1) is 5.56 Å². The number of esters is 1. The summed E-state index contributed by atoms with van der Waals surface area (Å²) in [6, 6.07) is 9.49. The molecule has 0 fully saturated rings. The Kier molecular flexibility index (Phi) is 5.81. The van der Waals surface area contributed by atoms with E-state index in [9.17, 15) is 18.4 Å². The van der Waals surface area contributed by atoms with Gasteiger partial charge in [0.15, 0.2) is 6.61 Å². The average Bonchev–Trinajstić information content (AvgIpc) is 2.52. The van der Waals surface area contributed by atoms with Crippen LogP contribution in [0.15, 0.2) is 46.9 Å². The quantitative estimate of drug-likeness (QED) is 0.806. The van der Waals surface area contributed by atoms with Crippen molar-refractivity contribution in [3.63, 3.8) is 0 Å². The molecule has 0 aliphatic heterocycles. The molecule has 0 radical (unpaired) electrons. The first-order chi connectivity index (χ1) is 11.0. The second-order valence-electron chi connectivity index (χ2n) is 4.60. The fourth-order valence-corrected chi connectivity index (χ4v) is 2.05. The van der Waals surface area contributed by atoms with Gasteiger partial charge in [-0.3, -0.25) is 4.79 Å². The summed E-state index contributed by atoms with van der Waals surface area (Å²) in [5.74, 6) is -2.58. The van der Waals surface area contributed by atoms with Crippen molar-refractivity contribution >= 4 is 27.8 Å². The summed E-state index contributed by atoms with van der Waals surface area (Å²) in [5, 5.41) is 2.51. The monoisotopic (exact) mass is 383 g/mol. The average molecular weight is 384 g/mol. The predicted molar refractivity (Wildman–Crippen MR) is 82.6 cm³/mol. The molecule has 0 aromatic heterocycles. The molecule has 0 saturated carbocycles. The molecule has 120 valence electrons. The van der Waals surface area contributed by atoms with Gasteiger partial charge in [-0.25, -0.2) is 13.6 Å². The molecule has 2 aromatic rings. The van der Waals surface area contributed by atoms with E-state index < -0.39 is 24.3 Å². The van der Waals surface area contributed by atoms with Crippen molar-refractivity contribution in [2.45, 2.75) is 6.54 Å². The first kappa shape index (κ1) is 17.1. The van der Waals surface area contributed by atoms with Gasteiger partial charge in [-0.05, 0) is 35.9 Å². The van der Waals surface area contributed by atoms with Crippen LogP contribution in [0.3, 0.4) is 0 Å². The predicted octanol–water partition coefficient (Wildman–Crippen LogP) is 3.20. The Morgan fingerprint density at radius 3 is 2.43 bits per heavy atom. The summed E-state index contributed by atoms with van der Waals surface area (Å²) < 4.78 is 31.5. The van der Waals surface area contributed by atoms with E-state index in [0.29, 0.717) is 10.0 Å². The van der Waals surface area contributed by atoms with Crippen LogP contribution in [0.25, 0.3) is 0 Å². The first-order valence-electron chi connectivity index (χ1n) is 6.59. The molecular formula is C16H12BrF2NO3. The molecule has 7 heteroatoms. The van der Waals surface area contributed by atoms with Crippen LogP contribution in [0.2, 0.25) is 0 Å². The summed E-state index contributed by atoms with van der Waals surface area (Å²) in [7, 11) is 0. The number of hydrogen-bond donors (Lipinski definition) is 1. The van der Waals surface area contributed by atoms with Crippen LogP contribution in [0.4, 0.5) is 8.78 Å². The molecule has 0 unspecified atom stereocenters. The Morgan fingerprint density at radius 1 is 1.09 bits per heavy atom. The van der Waals surface area contributed by atoms with E-state index in [1.165, 1.54) is 36.4 Å². The van der Waals surface area contributed by atoms with Gasteiger partial charge in [-0.2, -0.15) is 0 Å². The van der Waals surface area contributed by atoms with Crippen LogP contribution in [0.1, 0.15) is 15.9 Å². The van der Waals surface area contributed by atoms with Crippen LogP contribution in [0, 0.1) is 11.6 Å². The number of carbonyl (C=O) groups excluding carboxylic acids is 2. The fraction of sp³-hybridized carbons (Fsp3) is 0.125. The van der Waals surface area contributed by atoms with Crippen LogP contribution >= 0.6 is 15.9 Å². The van der Waals surface area contributed by atoms with Crippen LogP contribution in [0.5, 0.6) is 0 Å². The Hall–Kier alpha value is -2.28. The summed E-state index contributed by atoms with van der Waals surface area (Å²) in [6.45, 7) is -0.362. The van der Waals surface area contributed by atoms with Gasteiger partial charge in [-0.1, -0.05) is 28.1 Å². The minimum Gasteiger partial charge on any atom is -0.452 e. The lowest BCUT2D eigenvalue weighted by Crippen LogP contribution is -2.28. The molecule has 1 N–H and O–H groups in total. The van der Waals surface area contributed by atoms with Crippen molar-refractivity contribution in [3.05, 3.63) is 69.7 Å². The fourth-order valence-electron chi connectivity index (χ4n) is 1.72. The third-order valence-electron chi connectivity index (χ3n) is 2.89. The van der Waals surface area contributed by atoms with Crippen molar-refractivity contribution in [1.29, 1.82) is 0 Å². The maximum absolute atomic E-state index is 13.6. The topological polar surface area (TPSA) is 55.4 Å². The zero-order valence-corrected chi connectivity index (χ0v) is 13.4. The summed E-state index contributed by atoms with van der Waals surface area (Å²) in [6.07, 6.45) is 0. The van der Waals surface area contributed by atoms with Crippen molar-refractivity contribution in [3.8, 4) is 0 Å². The summed E-state index contributed by atoms with van der Waals surface area (Å²) in [5.41, 5.74) is 0.449. The van der Waals surface area contributed by atoms with Crippen LogP contribution in [-0.2, 0) is 16.1 Å². The molecular weight excluding hydrogens is 372 g/mol. The van der Waals surface area contributed by atoms with Crippen LogP contribution in [-0.4, -0.2) is 18.5 Å². The summed E-state index contributed by atoms with van der Waals surface area (Å²) >= 11 is 3.08. The first-order valence-corrected chi connectivity index (χ1v) is 7.38. The van der Waals surface area contributed by atoms with Crippen molar-refractivity contribution in [2.24, 2.45) is 0 Å². The molecule has 2 rings (SSSR count). The van der Waals surface area contributed by atoms with E-state index in [2.05, 4.69) is 21.2 Å². The Bertz CT molecular complexity index is 720. The largest absolute Gasteiger partial charge is 0.452 e. The number of carbonyl (C=O) groups is 2. The zero-order valence-electron chi connectivity index (χ0n) is 11.8. The van der Waals surface area contributed by atoms with Crippen molar-refractivity contribution in [1.82, 2.24) is 5.32 Å². The molecule has 0 atom stereocenters. The molecule has 2 aromatic carbocycles. The van der Waals surface area contributed by atoms with Gasteiger partial charge < -0.3 is 10.1 Å². The lowest BCUT2D eigenvalue weighted by molar-refractivity contribution is -0.124. The van der Waals surface area contributed by atoms with E-state index in [1.54, 1.807) is 0 Å².